The summed E-state index contributed by atoms with van der Waals surface area (Å²) in [7, 11) is 0. The molecule has 13 amide bonds. The number of primary amides is 1. The molecule has 592 valence electrons. The first-order valence-corrected chi connectivity index (χ1v) is 34.5. The highest BCUT2D eigenvalue weighted by molar-refractivity contribution is 7.81. The van der Waals surface area contributed by atoms with E-state index in [-0.39, 0.29) is 94.5 Å². The number of aliphatic hydroxyl groups is 3. The highest BCUT2D eigenvalue weighted by atomic mass is 32.1. The van der Waals surface area contributed by atoms with Gasteiger partial charge in [0.25, 0.3) is 0 Å². The predicted molar refractivity (Wildman–Crippen MR) is 388 cm³/mol. The molecule has 0 spiro atoms. The average Bonchev–Trinajstić information content (AvgIpc) is 0.934. The summed E-state index contributed by atoms with van der Waals surface area (Å²) in [6.07, 6.45) is -6.71. The second kappa shape index (κ2) is 46.3. The minimum atomic E-state index is -1.96. The molecule has 2 aromatic carbocycles. The number of guanidine groups is 1. The fourth-order valence-electron chi connectivity index (χ4n) is 9.79. The number of aromatic hydroxyl groups is 2. The zero-order valence-electron chi connectivity index (χ0n) is 59.0. The molecule has 106 heavy (non-hydrogen) atoms. The van der Waals surface area contributed by atoms with Crippen molar-refractivity contribution in [3.63, 3.8) is 0 Å². The zero-order chi connectivity index (χ0) is 80.3. The molecule has 0 aromatic heterocycles. The number of hydrogen-bond acceptors (Lipinski definition) is 27. The standard InChI is InChI=1S/C63H103N21O20S2/c1-29(86)46(58(100)77-38(17-21-66)51(93)81-43(27-85)56(98)76-36(15-19-64)50(92)74-37(16-20-65)52(94)82-44(28-105)57(99)80-42(61(103)104)25-32-9-13-34(89)14-10-32)83-53(95)39(18-22-67)75-49(91)35(6-5-23-72-62(70)71)73-54(96)41(26-45(68)90)78-59(101)47(30(2)87)84-55(97)40(24-31-7-11-33(88)12-8-31)79-60(102)48(69)63(3,4)106/h7-14,29-30,35-44,46-48,85-89,105-106H,5-6,15-28,64-67,69H2,1-4H3,(H2,68,90)(H,73,96)(H,74,92)(H,75,91)(H,76,98)(H,77,100)(H,78,101)(H,79,102)(H,80,99)(H,81,93)(H,82,94)(H,83,95)(H,84,97)(H,103,104)(H4,70,71,72)/t29-,30-,35+,36+,37+,38-,39+,40+,41+,42+,43+,44+,46+,47+,48-/m1/s1. The second-order valence-corrected chi connectivity index (χ2v) is 26.6. The third-order valence-electron chi connectivity index (χ3n) is 15.8. The van der Waals surface area contributed by atoms with Crippen molar-refractivity contribution in [3.05, 3.63) is 59.7 Å². The van der Waals surface area contributed by atoms with Crippen molar-refractivity contribution in [3.8, 4) is 11.5 Å². The molecule has 0 fully saturated rings. The lowest BCUT2D eigenvalue weighted by atomic mass is 10.0. The van der Waals surface area contributed by atoms with Crippen molar-refractivity contribution in [2.75, 3.05) is 45.1 Å². The van der Waals surface area contributed by atoms with Crippen LogP contribution in [0.2, 0.25) is 0 Å². The van der Waals surface area contributed by atoms with Crippen LogP contribution in [0.3, 0.4) is 0 Å². The summed E-state index contributed by atoms with van der Waals surface area (Å²) in [5.74, 6) is -16.9. The third-order valence-corrected chi connectivity index (χ3v) is 16.4. The van der Waals surface area contributed by atoms with E-state index in [1.165, 1.54) is 62.4 Å². The first kappa shape index (κ1) is 92.4. The van der Waals surface area contributed by atoms with Gasteiger partial charge in [-0.15, -0.1) is 0 Å². The van der Waals surface area contributed by atoms with E-state index < -0.39 is 204 Å². The number of phenols is 2. The molecule has 41 nitrogen and oxygen atoms in total. The first-order chi connectivity index (χ1) is 49.7. The number of rotatable bonds is 48. The van der Waals surface area contributed by atoms with Crippen molar-refractivity contribution >= 4 is 114 Å². The lowest BCUT2D eigenvalue weighted by Gasteiger charge is -2.29. The van der Waals surface area contributed by atoms with Gasteiger partial charge in [-0.3, -0.25) is 67.3 Å². The maximum absolute atomic E-state index is 14.3. The van der Waals surface area contributed by atoms with Gasteiger partial charge in [0.15, 0.2) is 5.96 Å². The van der Waals surface area contributed by atoms with Crippen LogP contribution in [0.4, 0.5) is 0 Å². The van der Waals surface area contributed by atoms with Gasteiger partial charge in [-0.1, -0.05) is 24.3 Å². The van der Waals surface area contributed by atoms with Crippen molar-refractivity contribution in [2.45, 2.75) is 181 Å². The number of nitrogens with zero attached hydrogens (tertiary/aromatic N) is 1. The van der Waals surface area contributed by atoms with Crippen LogP contribution in [0.1, 0.15) is 83.8 Å². The molecule has 0 saturated carbocycles. The van der Waals surface area contributed by atoms with Crippen LogP contribution in [0, 0.1) is 0 Å². The molecule has 2 aromatic rings. The van der Waals surface area contributed by atoms with E-state index in [1.807, 2.05) is 0 Å². The van der Waals surface area contributed by atoms with Gasteiger partial charge in [0.05, 0.1) is 31.3 Å². The largest absolute Gasteiger partial charge is 0.508 e. The number of benzene rings is 2. The van der Waals surface area contributed by atoms with Crippen LogP contribution in [0.25, 0.3) is 0 Å². The molecule has 15 atom stereocenters. The minimum Gasteiger partial charge on any atom is -0.508 e. The number of aliphatic imine (C=N–C) groups is 1. The Labute approximate surface area is 621 Å². The van der Waals surface area contributed by atoms with Crippen LogP contribution < -0.4 is 110 Å². The number of thiol groups is 2. The Balaban J connectivity index is 2.35. The van der Waals surface area contributed by atoms with E-state index >= 15 is 0 Å². The normalized spacial score (nSPS) is 15.5. The van der Waals surface area contributed by atoms with Gasteiger partial charge in [0.1, 0.15) is 84.0 Å². The average molecular weight is 1540 g/mol. The molecule has 0 unspecified atom stereocenters. The van der Waals surface area contributed by atoms with E-state index in [0.29, 0.717) is 11.1 Å². The van der Waals surface area contributed by atoms with Crippen LogP contribution in [0.5, 0.6) is 11.5 Å². The summed E-state index contributed by atoms with van der Waals surface area (Å²) in [5, 5.41) is 89.4. The Morgan fingerprint density at radius 3 is 1.09 bits per heavy atom. The Morgan fingerprint density at radius 2 is 0.745 bits per heavy atom. The van der Waals surface area contributed by atoms with E-state index in [0.717, 1.165) is 13.8 Å². The molecule has 0 aliphatic carbocycles. The highest BCUT2D eigenvalue weighted by Gasteiger charge is 2.39. The number of aliphatic hydroxyl groups excluding tert-OH is 3. The first-order valence-electron chi connectivity index (χ1n) is 33.4. The molecule has 43 heteroatoms. The summed E-state index contributed by atoms with van der Waals surface area (Å²) >= 11 is 8.47. The molecular formula is C63H103N21O20S2. The van der Waals surface area contributed by atoms with Gasteiger partial charge in [-0.25, -0.2) is 4.79 Å². The molecule has 0 aliphatic heterocycles. The molecule has 0 aliphatic rings. The molecule has 34 N–H and O–H groups in total. The molecule has 0 radical (unpaired) electrons. The third kappa shape index (κ3) is 32.3. The minimum absolute atomic E-state index is 0.0723. The van der Waals surface area contributed by atoms with Crippen LogP contribution in [0.15, 0.2) is 53.5 Å². The number of carbonyl (C=O) groups is 14. The fourth-order valence-corrected chi connectivity index (χ4v) is 10.2. The number of hydrogen-bond donors (Lipinski definition) is 28. The maximum atomic E-state index is 14.3. The number of phenolic OH excluding ortho intramolecular Hbond substituents is 2. The molecule has 0 heterocycles. The monoisotopic (exact) mass is 1540 g/mol. The molecular weight excluding hydrogens is 1430 g/mol. The quantitative estimate of drug-likeness (QED) is 0.0127. The number of nitrogens with one attached hydrogen (secondary N) is 12. The SMILES string of the molecule is C[C@@H](O)[C@H](NC(=O)[C@H](Cc1ccc(O)cc1)NC(=O)[C@@H](N)C(C)(C)S)C(=O)N[C@@H](CC(N)=O)C(=O)N[C@@H](CCCN=C(N)N)C(=O)N[C@@H](CCN)C(=O)N[C@H](C(=O)N[C@H](CCN)C(=O)N[C@@H](CO)C(=O)N[C@@H](CCN)C(=O)N[C@@H](CCN)C(=O)N[C@@H](CS)C(=O)N[C@@H](Cc1ccc(O)cc1)C(=O)O)[C@@H](C)O. The summed E-state index contributed by atoms with van der Waals surface area (Å²) in [6, 6.07) is -10.6. The van der Waals surface area contributed by atoms with Crippen molar-refractivity contribution in [2.24, 2.45) is 50.9 Å². The van der Waals surface area contributed by atoms with Gasteiger partial charge in [-0.2, -0.15) is 25.3 Å². The van der Waals surface area contributed by atoms with Crippen LogP contribution >= 0.6 is 25.3 Å². The smallest absolute Gasteiger partial charge is 0.326 e. The number of amides is 13. The molecule has 2 rings (SSSR count). The number of carboxylic acids is 1. The van der Waals surface area contributed by atoms with E-state index in [2.05, 4.69) is 94.1 Å². The number of nitrogens with two attached hydrogens (primary N) is 8. The van der Waals surface area contributed by atoms with Crippen molar-refractivity contribution in [1.29, 1.82) is 0 Å². The molecule has 0 saturated heterocycles. The Morgan fingerprint density at radius 1 is 0.443 bits per heavy atom. The lowest BCUT2D eigenvalue weighted by molar-refractivity contribution is -0.142. The number of aliphatic carboxylic acids is 1. The van der Waals surface area contributed by atoms with Gasteiger partial charge < -0.3 is 140 Å². The highest BCUT2D eigenvalue weighted by Crippen LogP contribution is 2.18. The van der Waals surface area contributed by atoms with Crippen LogP contribution in [-0.4, -0.2) is 260 Å². The van der Waals surface area contributed by atoms with Gasteiger partial charge in [0.2, 0.25) is 76.8 Å². The topological polar surface area (TPSA) is 725 Å². The van der Waals surface area contributed by atoms with Gasteiger partial charge in [-0.05, 0) is 128 Å². The lowest BCUT2D eigenvalue weighted by Crippen LogP contribution is -2.63. The van der Waals surface area contributed by atoms with Gasteiger partial charge >= 0.3 is 5.97 Å². The summed E-state index contributed by atoms with van der Waals surface area (Å²) < 4.78 is -1.09. The van der Waals surface area contributed by atoms with E-state index in [1.54, 1.807) is 0 Å². The Hall–Kier alpha value is -9.73. The van der Waals surface area contributed by atoms with E-state index in [4.69, 9.17) is 45.9 Å². The van der Waals surface area contributed by atoms with Crippen molar-refractivity contribution in [1.82, 2.24) is 63.8 Å². The number of carbonyl (C=O) groups excluding carboxylic acids is 13. The van der Waals surface area contributed by atoms with Crippen LogP contribution in [-0.2, 0) is 80.0 Å². The zero-order valence-corrected chi connectivity index (χ0v) is 60.7. The summed E-state index contributed by atoms with van der Waals surface area (Å²) in [6.45, 7) is 2.79. The summed E-state index contributed by atoms with van der Waals surface area (Å²) in [4.78, 5) is 194. The van der Waals surface area contributed by atoms with Gasteiger partial charge in [0, 0.05) is 29.9 Å². The number of carboxylic acid groups (broad SMARTS) is 1. The predicted octanol–water partition coefficient (Wildman–Crippen LogP) is -11.2. The fraction of sp³-hybridized carbons (Fsp3) is 0.571. The van der Waals surface area contributed by atoms with Crippen molar-refractivity contribution < 1.29 is 97.8 Å². The molecule has 0 bridgehead atoms. The second-order valence-electron chi connectivity index (χ2n) is 25.1. The maximum Gasteiger partial charge on any atom is 0.326 e. The Kier molecular flexibility index (Phi) is 40.3. The summed E-state index contributed by atoms with van der Waals surface area (Å²) in [5.41, 5.74) is 46.6. The Bertz CT molecular complexity index is 3330. The van der Waals surface area contributed by atoms with E-state index in [9.17, 15) is 97.8 Å².